The van der Waals surface area contributed by atoms with E-state index in [0.29, 0.717) is 13.1 Å². The van der Waals surface area contributed by atoms with Crippen molar-refractivity contribution in [3.63, 3.8) is 0 Å². The second kappa shape index (κ2) is 26.1. The molecule has 0 heterocycles. The SMILES string of the molecule is C=CC(N)=O.CC(C)=O.CC(C)=O.OCCNCCO. The third-order valence-electron chi connectivity index (χ3n) is 0.778. The number of ketones is 2. The molecule has 20 heavy (non-hydrogen) atoms. The Bertz CT molecular complexity index is 231. The molecule has 5 N–H and O–H groups in total. The zero-order chi connectivity index (χ0) is 17.0. The molecule has 0 aromatic rings. The third-order valence-corrected chi connectivity index (χ3v) is 0.778. The van der Waals surface area contributed by atoms with Crippen LogP contribution < -0.4 is 11.1 Å². The van der Waals surface area contributed by atoms with Gasteiger partial charge in [0.25, 0.3) is 0 Å². The van der Waals surface area contributed by atoms with Crippen LogP contribution in [0.5, 0.6) is 0 Å². The summed E-state index contributed by atoms with van der Waals surface area (Å²) in [5, 5.41) is 19.1. The van der Waals surface area contributed by atoms with E-state index in [0.717, 1.165) is 6.08 Å². The van der Waals surface area contributed by atoms with Gasteiger partial charge in [-0.15, -0.1) is 0 Å². The summed E-state index contributed by atoms with van der Waals surface area (Å²) >= 11 is 0. The van der Waals surface area contributed by atoms with Crippen molar-refractivity contribution in [1.29, 1.82) is 0 Å². The van der Waals surface area contributed by atoms with Crippen molar-refractivity contribution < 1.29 is 24.6 Å². The lowest BCUT2D eigenvalue weighted by molar-refractivity contribution is -0.115. The molecule has 0 aromatic heterocycles. The second-order valence-corrected chi connectivity index (χ2v) is 3.62. The van der Waals surface area contributed by atoms with Crippen molar-refractivity contribution in [2.45, 2.75) is 27.7 Å². The lowest BCUT2D eigenvalue weighted by Gasteiger charge is -1.94. The van der Waals surface area contributed by atoms with Crippen LogP contribution in [0.2, 0.25) is 0 Å². The van der Waals surface area contributed by atoms with Gasteiger partial charge in [0.15, 0.2) is 0 Å². The van der Waals surface area contributed by atoms with Gasteiger partial charge in [0.2, 0.25) is 5.91 Å². The first-order valence-electron chi connectivity index (χ1n) is 5.94. The summed E-state index contributed by atoms with van der Waals surface area (Å²) in [4.78, 5) is 28.4. The van der Waals surface area contributed by atoms with E-state index in [-0.39, 0.29) is 24.8 Å². The number of nitrogens with two attached hydrogens (primary N) is 1. The summed E-state index contributed by atoms with van der Waals surface area (Å²) in [6.07, 6.45) is 1.06. The third kappa shape index (κ3) is 199. The molecule has 7 heteroatoms. The monoisotopic (exact) mass is 292 g/mol. The lowest BCUT2D eigenvalue weighted by atomic mass is 10.6. The van der Waals surface area contributed by atoms with Crippen molar-refractivity contribution in [3.05, 3.63) is 12.7 Å². The zero-order valence-corrected chi connectivity index (χ0v) is 12.8. The average molecular weight is 292 g/mol. The fraction of sp³-hybridized carbons (Fsp3) is 0.615. The highest BCUT2D eigenvalue weighted by Gasteiger charge is 1.78. The molecule has 0 radical (unpaired) electrons. The van der Waals surface area contributed by atoms with Crippen LogP contribution in [-0.4, -0.2) is 54.0 Å². The highest BCUT2D eigenvalue weighted by atomic mass is 16.3. The molecule has 0 rings (SSSR count). The summed E-state index contributed by atoms with van der Waals surface area (Å²) < 4.78 is 0. The first-order valence-corrected chi connectivity index (χ1v) is 5.94. The molecule has 0 saturated heterocycles. The first kappa shape index (κ1) is 26.9. The number of aliphatic hydroxyl groups is 2. The van der Waals surface area contributed by atoms with E-state index in [4.69, 9.17) is 10.2 Å². The van der Waals surface area contributed by atoms with E-state index in [1.807, 2.05) is 0 Å². The van der Waals surface area contributed by atoms with Crippen LogP contribution in [-0.2, 0) is 14.4 Å². The van der Waals surface area contributed by atoms with Crippen LogP contribution in [0.25, 0.3) is 0 Å². The van der Waals surface area contributed by atoms with Gasteiger partial charge in [-0.25, -0.2) is 0 Å². The Morgan fingerprint density at radius 3 is 1.30 bits per heavy atom. The highest BCUT2D eigenvalue weighted by Crippen LogP contribution is 1.54. The number of amides is 1. The van der Waals surface area contributed by atoms with Crippen LogP contribution >= 0.6 is 0 Å². The van der Waals surface area contributed by atoms with E-state index in [2.05, 4.69) is 17.6 Å². The number of aliphatic hydroxyl groups excluding tert-OH is 2. The maximum absolute atomic E-state index is 9.47. The number of nitrogens with one attached hydrogen (secondary N) is 1. The summed E-state index contributed by atoms with van der Waals surface area (Å²) in [5.41, 5.74) is 4.53. The van der Waals surface area contributed by atoms with Crippen molar-refractivity contribution >= 4 is 17.5 Å². The summed E-state index contributed by atoms with van der Waals surface area (Å²) in [5.74, 6) is -0.148. The minimum Gasteiger partial charge on any atom is -0.395 e. The van der Waals surface area contributed by atoms with Gasteiger partial charge in [0.05, 0.1) is 13.2 Å². The lowest BCUT2D eigenvalue weighted by Crippen LogP contribution is -2.21. The molecule has 0 fully saturated rings. The predicted octanol–water partition coefficient (Wildman–Crippen LogP) is -0.591. The molecule has 0 spiro atoms. The number of carbonyl (C=O) groups excluding carboxylic acids is 3. The summed E-state index contributed by atoms with van der Waals surface area (Å²) in [7, 11) is 0. The van der Waals surface area contributed by atoms with Gasteiger partial charge in [0.1, 0.15) is 11.6 Å². The summed E-state index contributed by atoms with van der Waals surface area (Å²) in [6, 6.07) is 0. The average Bonchev–Trinajstić information content (AvgIpc) is 2.29. The van der Waals surface area contributed by atoms with Crippen LogP contribution in [0.15, 0.2) is 12.7 Å². The number of primary amides is 1. The Morgan fingerprint density at radius 1 is 1.00 bits per heavy atom. The second-order valence-electron chi connectivity index (χ2n) is 3.62. The molecule has 0 aliphatic rings. The number of carbonyl (C=O) groups is 3. The maximum atomic E-state index is 9.47. The fourth-order valence-electron chi connectivity index (χ4n) is 0.283. The zero-order valence-electron chi connectivity index (χ0n) is 12.8. The van der Waals surface area contributed by atoms with Gasteiger partial charge in [-0.2, -0.15) is 0 Å². The van der Waals surface area contributed by atoms with E-state index in [1.54, 1.807) is 0 Å². The normalized spacial score (nSPS) is 7.50. The molecule has 0 saturated carbocycles. The van der Waals surface area contributed by atoms with E-state index in [9.17, 15) is 14.4 Å². The fourth-order valence-corrected chi connectivity index (χ4v) is 0.283. The van der Waals surface area contributed by atoms with Gasteiger partial charge < -0.3 is 30.9 Å². The maximum Gasteiger partial charge on any atom is 0.240 e. The van der Waals surface area contributed by atoms with Crippen LogP contribution in [0.3, 0.4) is 0 Å². The van der Waals surface area contributed by atoms with Gasteiger partial charge in [-0.1, -0.05) is 6.58 Å². The minimum absolute atomic E-state index is 0.139. The topological polar surface area (TPSA) is 130 Å². The molecular formula is C13H28N2O5. The molecule has 0 aliphatic heterocycles. The Kier molecular flexibility index (Phi) is 35.1. The molecule has 0 bridgehead atoms. The molecule has 1 amide bonds. The molecule has 0 aromatic carbocycles. The standard InChI is InChI=1S/C4H11NO2.C3H5NO.2C3H6O/c6-3-1-5-2-4-7;1-2-3(4)5;2*1-3(2)4/h5-7H,1-4H2;2H,1H2,(H2,4,5);2*1-2H3. The van der Waals surface area contributed by atoms with Crippen molar-refractivity contribution in [2.75, 3.05) is 26.3 Å². The van der Waals surface area contributed by atoms with Crippen LogP contribution in [0, 0.1) is 0 Å². The van der Waals surface area contributed by atoms with Crippen molar-refractivity contribution in [1.82, 2.24) is 5.32 Å². The molecule has 7 nitrogen and oxygen atoms in total. The Morgan fingerprint density at radius 2 is 1.20 bits per heavy atom. The highest BCUT2D eigenvalue weighted by molar-refractivity contribution is 5.84. The minimum atomic E-state index is -0.481. The number of hydrogen-bond acceptors (Lipinski definition) is 6. The van der Waals surface area contributed by atoms with Gasteiger partial charge >= 0.3 is 0 Å². The molecule has 0 atom stereocenters. The molecule has 0 aliphatic carbocycles. The molecular weight excluding hydrogens is 264 g/mol. The van der Waals surface area contributed by atoms with Crippen molar-refractivity contribution in [2.24, 2.45) is 5.73 Å². The van der Waals surface area contributed by atoms with Gasteiger partial charge in [-0.3, -0.25) is 4.79 Å². The van der Waals surface area contributed by atoms with Crippen LogP contribution in [0.1, 0.15) is 27.7 Å². The quantitative estimate of drug-likeness (QED) is 0.396. The number of hydrogen-bond donors (Lipinski definition) is 4. The van der Waals surface area contributed by atoms with E-state index >= 15 is 0 Å². The van der Waals surface area contributed by atoms with Gasteiger partial charge in [0, 0.05) is 13.1 Å². The first-order chi connectivity index (χ1) is 9.15. The van der Waals surface area contributed by atoms with Crippen LogP contribution in [0.4, 0.5) is 0 Å². The number of rotatable bonds is 5. The predicted molar refractivity (Wildman–Crippen MR) is 79.1 cm³/mol. The van der Waals surface area contributed by atoms with Gasteiger partial charge in [-0.05, 0) is 33.8 Å². The van der Waals surface area contributed by atoms with E-state index < -0.39 is 5.91 Å². The Hall–Kier alpha value is -1.57. The largest absolute Gasteiger partial charge is 0.395 e. The Labute approximate surface area is 120 Å². The molecule has 120 valence electrons. The van der Waals surface area contributed by atoms with Crippen molar-refractivity contribution in [3.8, 4) is 0 Å². The van der Waals surface area contributed by atoms with E-state index in [1.165, 1.54) is 27.7 Å². The smallest absolute Gasteiger partial charge is 0.240 e. The summed E-state index contributed by atoms with van der Waals surface area (Å²) in [6.45, 7) is 10.6. The number of Topliss-reactive ketones (excluding diaryl/α,β-unsaturated/α-hetero) is 2. The Balaban J connectivity index is -0.0000000883. The molecule has 0 unspecified atom stereocenters.